The van der Waals surface area contributed by atoms with Crippen LogP contribution in [0.5, 0.6) is 0 Å². The van der Waals surface area contributed by atoms with Crippen molar-refractivity contribution in [2.45, 2.75) is 46.6 Å². The summed E-state index contributed by atoms with van der Waals surface area (Å²) in [6.07, 6.45) is 11.5. The molecule has 1 atom stereocenters. The Labute approximate surface area is 116 Å². The van der Waals surface area contributed by atoms with E-state index in [0.717, 1.165) is 30.3 Å². The lowest BCUT2D eigenvalue weighted by atomic mass is 9.71. The van der Waals surface area contributed by atoms with Crippen molar-refractivity contribution in [2.24, 2.45) is 5.41 Å². The van der Waals surface area contributed by atoms with E-state index < -0.39 is 0 Å². The molecule has 1 aliphatic rings. The first-order valence-electron chi connectivity index (χ1n) is 6.74. The second kappa shape index (κ2) is 6.67. The van der Waals surface area contributed by atoms with Crippen molar-refractivity contribution in [3.63, 3.8) is 0 Å². The average Bonchev–Trinajstić information content (AvgIpc) is 2.34. The Morgan fingerprint density at radius 1 is 1.37 bits per heavy atom. The molecule has 0 fully saturated rings. The molecule has 0 aromatic carbocycles. The molecule has 0 aliphatic heterocycles. The molecule has 1 aliphatic carbocycles. The Morgan fingerprint density at radius 3 is 2.68 bits per heavy atom. The van der Waals surface area contributed by atoms with Crippen LogP contribution in [0, 0.1) is 5.41 Å². The highest BCUT2D eigenvalue weighted by Gasteiger charge is 2.30. The van der Waals surface area contributed by atoms with E-state index >= 15 is 0 Å². The highest BCUT2D eigenvalue weighted by atomic mass is 16.3. The van der Waals surface area contributed by atoms with Gasteiger partial charge in [0, 0.05) is 0 Å². The second-order valence-corrected chi connectivity index (χ2v) is 5.80. The topological polar surface area (TPSA) is 37.3 Å². The van der Waals surface area contributed by atoms with Crippen LogP contribution in [0.1, 0.15) is 40.5 Å². The molecule has 0 saturated heterocycles. The monoisotopic (exact) mass is 260 g/mol. The Balaban J connectivity index is 2.95. The highest BCUT2D eigenvalue weighted by molar-refractivity contribution is 5.65. The van der Waals surface area contributed by atoms with Crippen LogP contribution < -0.4 is 0 Å². The fraction of sp³-hybridized carbons (Fsp3) is 0.471. The quantitative estimate of drug-likeness (QED) is 0.475. The van der Waals surface area contributed by atoms with Crippen molar-refractivity contribution >= 4 is 6.29 Å². The first-order valence-corrected chi connectivity index (χ1v) is 6.74. The maximum atomic E-state index is 10.2. The van der Waals surface area contributed by atoms with Gasteiger partial charge in [0.05, 0.1) is 6.10 Å². The third-order valence-corrected chi connectivity index (χ3v) is 3.76. The molecule has 0 amide bonds. The van der Waals surface area contributed by atoms with Crippen LogP contribution in [0.15, 0.2) is 47.1 Å². The molecule has 1 unspecified atom stereocenters. The molecule has 104 valence electrons. The normalized spacial score (nSPS) is 24.5. The van der Waals surface area contributed by atoms with Gasteiger partial charge in [0.15, 0.2) is 0 Å². The van der Waals surface area contributed by atoms with Gasteiger partial charge in [-0.25, -0.2) is 0 Å². The fourth-order valence-electron chi connectivity index (χ4n) is 2.44. The van der Waals surface area contributed by atoms with E-state index in [9.17, 15) is 9.90 Å². The van der Waals surface area contributed by atoms with Crippen molar-refractivity contribution in [2.75, 3.05) is 0 Å². The lowest BCUT2D eigenvalue weighted by Crippen LogP contribution is -2.27. The Bertz CT molecular complexity index is 448. The fourth-order valence-corrected chi connectivity index (χ4v) is 2.44. The number of allylic oxidation sites excluding steroid dienone is 7. The first-order chi connectivity index (χ1) is 8.88. The molecular formula is C17H24O2. The number of carbonyl (C=O) groups excluding carboxylic acids is 1. The third-order valence-electron chi connectivity index (χ3n) is 3.76. The number of aldehydes is 1. The van der Waals surface area contributed by atoms with Gasteiger partial charge in [-0.1, -0.05) is 43.7 Å². The number of hydrogen-bond acceptors (Lipinski definition) is 2. The maximum Gasteiger partial charge on any atom is 0.142 e. The van der Waals surface area contributed by atoms with Crippen LogP contribution in [0.25, 0.3) is 0 Å². The number of aliphatic hydroxyl groups is 1. The molecule has 0 bridgehead atoms. The van der Waals surface area contributed by atoms with Gasteiger partial charge in [0.1, 0.15) is 6.29 Å². The van der Waals surface area contributed by atoms with Gasteiger partial charge >= 0.3 is 0 Å². The molecule has 2 nitrogen and oxygen atoms in total. The van der Waals surface area contributed by atoms with Gasteiger partial charge in [-0.05, 0) is 49.3 Å². The maximum absolute atomic E-state index is 10.2. The van der Waals surface area contributed by atoms with E-state index in [1.54, 1.807) is 6.08 Å². The molecule has 0 aromatic heterocycles. The Kier molecular flexibility index (Phi) is 5.49. The lowest BCUT2D eigenvalue weighted by molar-refractivity contribution is -0.104. The van der Waals surface area contributed by atoms with Crippen molar-refractivity contribution in [1.29, 1.82) is 0 Å². The minimum absolute atomic E-state index is 0.110. The minimum Gasteiger partial charge on any atom is -0.389 e. The molecule has 0 heterocycles. The summed E-state index contributed by atoms with van der Waals surface area (Å²) in [5.74, 6) is 0. The Hall–Kier alpha value is -1.41. The number of rotatable bonds is 4. The van der Waals surface area contributed by atoms with Gasteiger partial charge in [-0.3, -0.25) is 4.79 Å². The summed E-state index contributed by atoms with van der Waals surface area (Å²) < 4.78 is 0. The minimum atomic E-state index is -0.313. The van der Waals surface area contributed by atoms with Crippen molar-refractivity contribution in [1.82, 2.24) is 0 Å². The van der Waals surface area contributed by atoms with Gasteiger partial charge in [0.25, 0.3) is 0 Å². The van der Waals surface area contributed by atoms with Crippen LogP contribution in [0.3, 0.4) is 0 Å². The molecule has 1 rings (SSSR count). The third kappa shape index (κ3) is 4.32. The van der Waals surface area contributed by atoms with Crippen molar-refractivity contribution in [3.8, 4) is 0 Å². The standard InChI is InChI=1S/C17H24O2/c1-13(7-5-6-12-18)8-9-15-14(2)16(19)10-11-17(15,3)4/h5-9,12,16,19H,10-11H2,1-4H3/b6-5+,9-8+,13-7+. The number of carbonyl (C=O) groups is 1. The van der Waals surface area contributed by atoms with Gasteiger partial charge in [-0.15, -0.1) is 0 Å². The summed E-state index contributed by atoms with van der Waals surface area (Å²) in [5, 5.41) is 9.96. The molecule has 19 heavy (non-hydrogen) atoms. The van der Waals surface area contributed by atoms with Crippen LogP contribution in [0.2, 0.25) is 0 Å². The van der Waals surface area contributed by atoms with E-state index in [1.165, 1.54) is 11.6 Å². The largest absolute Gasteiger partial charge is 0.389 e. The van der Waals surface area contributed by atoms with Gasteiger partial charge in [0.2, 0.25) is 0 Å². The van der Waals surface area contributed by atoms with E-state index in [4.69, 9.17) is 0 Å². The molecule has 0 spiro atoms. The first kappa shape index (κ1) is 15.6. The average molecular weight is 260 g/mol. The summed E-state index contributed by atoms with van der Waals surface area (Å²) in [6, 6.07) is 0. The molecule has 1 N–H and O–H groups in total. The molecule has 0 radical (unpaired) electrons. The lowest BCUT2D eigenvalue weighted by Gasteiger charge is -2.35. The predicted molar refractivity (Wildman–Crippen MR) is 79.8 cm³/mol. The summed E-state index contributed by atoms with van der Waals surface area (Å²) in [7, 11) is 0. The summed E-state index contributed by atoms with van der Waals surface area (Å²) in [6.45, 7) is 8.44. The van der Waals surface area contributed by atoms with E-state index in [-0.39, 0.29) is 11.5 Å². The summed E-state index contributed by atoms with van der Waals surface area (Å²) >= 11 is 0. The highest BCUT2D eigenvalue weighted by Crippen LogP contribution is 2.40. The van der Waals surface area contributed by atoms with E-state index in [0.29, 0.717) is 0 Å². The van der Waals surface area contributed by atoms with Gasteiger partial charge < -0.3 is 5.11 Å². The molecule has 2 heteroatoms. The smallest absolute Gasteiger partial charge is 0.142 e. The summed E-state index contributed by atoms with van der Waals surface area (Å²) in [5.41, 5.74) is 3.48. The molecule has 0 aromatic rings. The number of hydrogen-bond donors (Lipinski definition) is 1. The van der Waals surface area contributed by atoms with Crippen LogP contribution in [0.4, 0.5) is 0 Å². The van der Waals surface area contributed by atoms with Crippen molar-refractivity contribution in [3.05, 3.63) is 47.1 Å². The van der Waals surface area contributed by atoms with E-state index in [1.807, 2.05) is 26.0 Å². The zero-order valence-corrected chi connectivity index (χ0v) is 12.3. The van der Waals surface area contributed by atoms with Crippen LogP contribution >= 0.6 is 0 Å². The SMILES string of the molecule is CC1=C(/C=C/C(C)=C/C=C/C=O)C(C)(C)CCC1O. The summed E-state index contributed by atoms with van der Waals surface area (Å²) in [4.78, 5) is 10.2. The van der Waals surface area contributed by atoms with Gasteiger partial charge in [-0.2, -0.15) is 0 Å². The zero-order valence-electron chi connectivity index (χ0n) is 12.3. The molecular weight excluding hydrogens is 236 g/mol. The number of aliphatic hydroxyl groups excluding tert-OH is 1. The Morgan fingerprint density at radius 2 is 2.05 bits per heavy atom. The zero-order chi connectivity index (χ0) is 14.5. The predicted octanol–water partition coefficient (Wildman–Crippen LogP) is 3.74. The van der Waals surface area contributed by atoms with Crippen LogP contribution in [-0.4, -0.2) is 17.5 Å². The second-order valence-electron chi connectivity index (χ2n) is 5.80. The van der Waals surface area contributed by atoms with Crippen molar-refractivity contribution < 1.29 is 9.90 Å². The van der Waals surface area contributed by atoms with E-state index in [2.05, 4.69) is 19.9 Å². The molecule has 0 saturated carbocycles. The van der Waals surface area contributed by atoms with Crippen LogP contribution in [-0.2, 0) is 4.79 Å².